The first kappa shape index (κ1) is 19.0. The highest BCUT2D eigenvalue weighted by molar-refractivity contribution is 8.00. The Morgan fingerprint density at radius 1 is 1.29 bits per heavy atom. The van der Waals surface area contributed by atoms with Crippen molar-refractivity contribution in [1.82, 2.24) is 9.55 Å². The van der Waals surface area contributed by atoms with Crippen molar-refractivity contribution in [2.75, 3.05) is 11.5 Å². The van der Waals surface area contributed by atoms with E-state index in [4.69, 9.17) is 14.2 Å². The Balaban J connectivity index is 1.66. The molecule has 1 aromatic carbocycles. The molecular weight excluding hydrogens is 384 g/mol. The molecular formula is C19H20N2O6S. The zero-order chi connectivity index (χ0) is 19.7. The number of esters is 1. The van der Waals surface area contributed by atoms with Crippen molar-refractivity contribution in [2.24, 2.45) is 0 Å². The van der Waals surface area contributed by atoms with Gasteiger partial charge in [-0.2, -0.15) is 11.8 Å². The maximum absolute atomic E-state index is 12.3. The van der Waals surface area contributed by atoms with Gasteiger partial charge in [-0.25, -0.2) is 4.79 Å². The van der Waals surface area contributed by atoms with Gasteiger partial charge in [-0.15, -0.1) is 0 Å². The van der Waals surface area contributed by atoms with Crippen molar-refractivity contribution in [3.05, 3.63) is 69.0 Å². The number of nitrogens with one attached hydrogen (secondary N) is 1. The van der Waals surface area contributed by atoms with Crippen LogP contribution in [0.5, 0.6) is 0 Å². The number of aromatic amines is 1. The van der Waals surface area contributed by atoms with Gasteiger partial charge in [-0.3, -0.25) is 19.1 Å². The third kappa shape index (κ3) is 3.52. The lowest BCUT2D eigenvalue weighted by Gasteiger charge is -2.41. The molecule has 2 aliphatic rings. The topological polar surface area (TPSA) is 99.6 Å². The Labute approximate surface area is 164 Å². The van der Waals surface area contributed by atoms with Crippen LogP contribution in [-0.4, -0.2) is 44.8 Å². The molecule has 1 N–H and O–H groups in total. The van der Waals surface area contributed by atoms with E-state index in [0.717, 1.165) is 5.56 Å². The number of ether oxygens (including phenoxy) is 3. The van der Waals surface area contributed by atoms with E-state index in [2.05, 4.69) is 4.98 Å². The number of H-pyrrole nitrogens is 1. The molecule has 148 valence electrons. The predicted molar refractivity (Wildman–Crippen MR) is 102 cm³/mol. The second kappa shape index (κ2) is 7.57. The molecule has 2 aromatic rings. The van der Waals surface area contributed by atoms with Crippen LogP contribution >= 0.6 is 11.8 Å². The molecule has 1 aromatic heterocycles. The lowest BCUT2D eigenvalue weighted by Crippen LogP contribution is -2.55. The predicted octanol–water partition coefficient (Wildman–Crippen LogP) is 1.07. The Morgan fingerprint density at radius 3 is 2.64 bits per heavy atom. The summed E-state index contributed by atoms with van der Waals surface area (Å²) in [5, 5.41) is 0. The van der Waals surface area contributed by atoms with E-state index >= 15 is 0 Å². The van der Waals surface area contributed by atoms with Gasteiger partial charge in [-0.1, -0.05) is 30.3 Å². The van der Waals surface area contributed by atoms with Gasteiger partial charge in [-0.05, 0) is 5.56 Å². The Hall–Kier alpha value is -2.36. The van der Waals surface area contributed by atoms with Crippen molar-refractivity contribution in [3.63, 3.8) is 0 Å². The van der Waals surface area contributed by atoms with Crippen LogP contribution < -0.4 is 11.2 Å². The molecule has 8 nitrogen and oxygen atoms in total. The fraction of sp³-hybridized carbons (Fsp3) is 0.421. The van der Waals surface area contributed by atoms with Gasteiger partial charge < -0.3 is 14.2 Å². The molecule has 28 heavy (non-hydrogen) atoms. The van der Waals surface area contributed by atoms with Crippen LogP contribution in [0, 0.1) is 0 Å². The minimum absolute atomic E-state index is 0.326. The fourth-order valence-corrected chi connectivity index (χ4v) is 4.59. The van der Waals surface area contributed by atoms with Crippen LogP contribution in [-0.2, 0) is 25.6 Å². The summed E-state index contributed by atoms with van der Waals surface area (Å²) in [4.78, 5) is 37.7. The summed E-state index contributed by atoms with van der Waals surface area (Å²) in [7, 11) is 0. The standard InChI is InChI=1S/C19H20N2O6S/c1-12(22)26-15-16(25-9-13-5-3-2-4-6-13)19(10-28-11-19)27-17(15)21-8-7-14(23)20-18(21)24/h2-8,15-17H,9-11H2,1H3,(H,20,23,24)/t15-,16-,17?/m1/s1. The zero-order valence-corrected chi connectivity index (χ0v) is 16.0. The minimum Gasteiger partial charge on any atom is -0.455 e. The SMILES string of the molecule is CC(=O)O[C@H]1C(n2ccc(=O)[nH]c2=O)OC2(CSC2)[C@@H]1OCc1ccccc1. The summed E-state index contributed by atoms with van der Waals surface area (Å²) in [6.07, 6.45) is -0.885. The van der Waals surface area contributed by atoms with E-state index < -0.39 is 41.3 Å². The molecule has 0 bridgehead atoms. The largest absolute Gasteiger partial charge is 0.455 e. The van der Waals surface area contributed by atoms with Gasteiger partial charge in [0.05, 0.1) is 6.61 Å². The van der Waals surface area contributed by atoms with Crippen molar-refractivity contribution in [2.45, 2.75) is 37.6 Å². The monoisotopic (exact) mass is 404 g/mol. The molecule has 2 saturated heterocycles. The van der Waals surface area contributed by atoms with Gasteiger partial charge in [0.2, 0.25) is 0 Å². The number of hydrogen-bond donors (Lipinski definition) is 1. The first-order valence-electron chi connectivity index (χ1n) is 8.88. The number of nitrogens with zero attached hydrogens (tertiary/aromatic N) is 1. The maximum Gasteiger partial charge on any atom is 0.330 e. The average Bonchev–Trinajstić information content (AvgIpc) is 2.95. The Bertz CT molecular complexity index is 968. The molecule has 4 rings (SSSR count). The molecule has 1 unspecified atom stereocenters. The van der Waals surface area contributed by atoms with Crippen molar-refractivity contribution < 1.29 is 19.0 Å². The highest BCUT2D eigenvalue weighted by Gasteiger charge is 2.61. The van der Waals surface area contributed by atoms with E-state index in [1.54, 1.807) is 11.8 Å². The lowest BCUT2D eigenvalue weighted by molar-refractivity contribution is -0.158. The van der Waals surface area contributed by atoms with Gasteiger partial charge in [0.1, 0.15) is 11.7 Å². The van der Waals surface area contributed by atoms with E-state index in [1.807, 2.05) is 30.3 Å². The second-order valence-corrected chi connectivity index (χ2v) is 7.86. The Morgan fingerprint density at radius 2 is 2.04 bits per heavy atom. The number of carbonyl (C=O) groups excluding carboxylic acids is 1. The van der Waals surface area contributed by atoms with Crippen molar-refractivity contribution >= 4 is 17.7 Å². The number of rotatable bonds is 5. The normalized spacial score (nSPS) is 25.4. The van der Waals surface area contributed by atoms with Crippen molar-refractivity contribution in [1.29, 1.82) is 0 Å². The summed E-state index contributed by atoms with van der Waals surface area (Å²) in [5.41, 5.74) is -0.801. The van der Waals surface area contributed by atoms with E-state index in [0.29, 0.717) is 18.1 Å². The lowest BCUT2D eigenvalue weighted by atomic mass is 9.97. The number of benzene rings is 1. The summed E-state index contributed by atoms with van der Waals surface area (Å²) >= 11 is 1.69. The van der Waals surface area contributed by atoms with Crippen LogP contribution in [0.2, 0.25) is 0 Å². The molecule has 2 fully saturated rings. The molecule has 1 spiro atoms. The van der Waals surface area contributed by atoms with Gasteiger partial charge in [0.25, 0.3) is 5.56 Å². The quantitative estimate of drug-likeness (QED) is 0.744. The second-order valence-electron chi connectivity index (χ2n) is 6.87. The molecule has 0 radical (unpaired) electrons. The third-order valence-corrected chi connectivity index (χ3v) is 6.23. The van der Waals surface area contributed by atoms with Crippen LogP contribution in [0.15, 0.2) is 52.2 Å². The number of hydrogen-bond acceptors (Lipinski definition) is 7. The summed E-state index contributed by atoms with van der Waals surface area (Å²) in [5.74, 6) is 0.839. The fourth-order valence-electron chi connectivity index (χ4n) is 3.52. The first-order chi connectivity index (χ1) is 13.5. The third-order valence-electron chi connectivity index (χ3n) is 4.85. The molecule has 0 saturated carbocycles. The molecule has 3 atom stereocenters. The number of carbonyl (C=O) groups is 1. The average molecular weight is 404 g/mol. The first-order valence-corrected chi connectivity index (χ1v) is 10.0. The summed E-state index contributed by atoms with van der Waals surface area (Å²) in [6, 6.07) is 10.9. The number of aromatic nitrogens is 2. The number of thioether (sulfide) groups is 1. The summed E-state index contributed by atoms with van der Waals surface area (Å²) < 4.78 is 19.2. The molecule has 2 aliphatic heterocycles. The maximum atomic E-state index is 12.3. The van der Waals surface area contributed by atoms with E-state index in [1.165, 1.54) is 23.8 Å². The van der Waals surface area contributed by atoms with E-state index in [9.17, 15) is 14.4 Å². The minimum atomic E-state index is -0.880. The van der Waals surface area contributed by atoms with Gasteiger partial charge in [0, 0.05) is 30.7 Å². The molecule has 3 heterocycles. The van der Waals surface area contributed by atoms with Crippen LogP contribution in [0.25, 0.3) is 0 Å². The Kier molecular flexibility index (Phi) is 5.13. The van der Waals surface area contributed by atoms with Gasteiger partial charge in [0.15, 0.2) is 12.3 Å². The highest BCUT2D eigenvalue weighted by atomic mass is 32.2. The molecule has 0 amide bonds. The molecule has 9 heteroatoms. The van der Waals surface area contributed by atoms with E-state index in [-0.39, 0.29) is 0 Å². The summed E-state index contributed by atoms with van der Waals surface area (Å²) in [6.45, 7) is 1.63. The van der Waals surface area contributed by atoms with Crippen LogP contribution in [0.4, 0.5) is 0 Å². The van der Waals surface area contributed by atoms with Crippen molar-refractivity contribution in [3.8, 4) is 0 Å². The van der Waals surface area contributed by atoms with Crippen LogP contribution in [0.3, 0.4) is 0 Å². The van der Waals surface area contributed by atoms with Gasteiger partial charge >= 0.3 is 11.7 Å². The smallest absolute Gasteiger partial charge is 0.330 e. The van der Waals surface area contributed by atoms with Crippen LogP contribution in [0.1, 0.15) is 18.7 Å². The zero-order valence-electron chi connectivity index (χ0n) is 15.2. The highest BCUT2D eigenvalue weighted by Crippen LogP contribution is 2.49. The molecule has 0 aliphatic carbocycles.